The van der Waals surface area contributed by atoms with Gasteiger partial charge in [0.25, 0.3) is 0 Å². The maximum atomic E-state index is 13.3. The molecule has 2 fully saturated rings. The Hall–Kier alpha value is -1.81. The fourth-order valence-corrected chi connectivity index (χ4v) is 4.24. The second kappa shape index (κ2) is 8.62. The lowest BCUT2D eigenvalue weighted by Gasteiger charge is -2.36. The van der Waals surface area contributed by atoms with Crippen molar-refractivity contribution in [1.82, 2.24) is 15.5 Å². The van der Waals surface area contributed by atoms with Gasteiger partial charge in [0.2, 0.25) is 11.8 Å². The number of likely N-dealkylation sites (tertiary alicyclic amines) is 1. The summed E-state index contributed by atoms with van der Waals surface area (Å²) in [6.07, 6.45) is 0.727. The standard InChI is InChI=1S/C21H38BN3O6/c1-14(26)23-21(16(27)24-18(2,3)4)13-25(17(28)29)12-15(21)10-9-11-22-30-19(5,6)20(7,8)31-22/h15H,9-13H2,1-8H3,(H,23,26)(H,24,27)(H,28,29). The minimum atomic E-state index is -1.31. The van der Waals surface area contributed by atoms with Gasteiger partial charge in [0.15, 0.2) is 0 Å². The molecule has 0 radical (unpaired) electrons. The Balaban J connectivity index is 2.17. The number of nitrogens with zero attached hydrogens (tertiary/aromatic N) is 1. The smallest absolute Gasteiger partial charge is 0.457 e. The second-order valence-electron chi connectivity index (χ2n) is 10.8. The number of hydrogen-bond acceptors (Lipinski definition) is 5. The molecule has 2 unspecified atom stereocenters. The molecule has 3 N–H and O–H groups in total. The Kier molecular flexibility index (Phi) is 7.07. The van der Waals surface area contributed by atoms with Gasteiger partial charge >= 0.3 is 13.2 Å². The molecule has 10 heteroatoms. The van der Waals surface area contributed by atoms with E-state index in [-0.39, 0.29) is 37.9 Å². The quantitative estimate of drug-likeness (QED) is 0.547. The molecule has 0 aromatic heterocycles. The Bertz CT molecular complexity index is 704. The van der Waals surface area contributed by atoms with Crippen LogP contribution in [0.4, 0.5) is 4.79 Å². The zero-order valence-corrected chi connectivity index (χ0v) is 20.1. The van der Waals surface area contributed by atoms with Crippen LogP contribution in [0.1, 0.15) is 68.2 Å². The van der Waals surface area contributed by atoms with Crippen molar-refractivity contribution in [3.8, 4) is 0 Å². The summed E-state index contributed by atoms with van der Waals surface area (Å²) in [6, 6.07) is 0. The molecular formula is C21H38BN3O6. The summed E-state index contributed by atoms with van der Waals surface area (Å²) in [6.45, 7) is 15.0. The summed E-state index contributed by atoms with van der Waals surface area (Å²) in [5, 5.41) is 15.3. The molecule has 0 aromatic carbocycles. The summed E-state index contributed by atoms with van der Waals surface area (Å²) in [5.74, 6) is -1.09. The number of hydrogen-bond donors (Lipinski definition) is 3. The molecule has 31 heavy (non-hydrogen) atoms. The predicted octanol–water partition coefficient (Wildman–Crippen LogP) is 2.26. The van der Waals surface area contributed by atoms with Crippen molar-refractivity contribution in [2.24, 2.45) is 5.92 Å². The molecule has 2 aliphatic heterocycles. The molecule has 2 heterocycles. The van der Waals surface area contributed by atoms with Gasteiger partial charge in [-0.2, -0.15) is 0 Å². The number of carboxylic acid groups (broad SMARTS) is 1. The van der Waals surface area contributed by atoms with Crippen molar-refractivity contribution in [3.63, 3.8) is 0 Å². The second-order valence-corrected chi connectivity index (χ2v) is 10.8. The topological polar surface area (TPSA) is 117 Å². The first-order valence-electron chi connectivity index (χ1n) is 10.9. The number of rotatable bonds is 6. The highest BCUT2D eigenvalue weighted by Gasteiger charge is 2.55. The van der Waals surface area contributed by atoms with E-state index < -0.39 is 28.4 Å². The normalized spacial score (nSPS) is 27.3. The van der Waals surface area contributed by atoms with Gasteiger partial charge in [-0.05, 0) is 61.2 Å². The average Bonchev–Trinajstić information content (AvgIpc) is 3.01. The van der Waals surface area contributed by atoms with E-state index in [4.69, 9.17) is 9.31 Å². The molecule has 3 amide bonds. The van der Waals surface area contributed by atoms with E-state index in [1.807, 2.05) is 48.5 Å². The van der Waals surface area contributed by atoms with Gasteiger partial charge in [-0.3, -0.25) is 9.59 Å². The Morgan fingerprint density at radius 3 is 2.13 bits per heavy atom. The molecule has 0 spiro atoms. The zero-order chi connectivity index (χ0) is 23.8. The van der Waals surface area contributed by atoms with Crippen molar-refractivity contribution in [2.45, 2.75) is 96.8 Å². The SMILES string of the molecule is CC(=O)NC1(C(=O)NC(C)(C)C)CN(C(=O)O)CC1CCCB1OC(C)(C)C(C)(C)O1. The molecule has 2 rings (SSSR count). The van der Waals surface area contributed by atoms with Gasteiger partial charge in [-0.1, -0.05) is 6.42 Å². The predicted molar refractivity (Wildman–Crippen MR) is 118 cm³/mol. The van der Waals surface area contributed by atoms with Gasteiger partial charge in [0.05, 0.1) is 17.7 Å². The van der Waals surface area contributed by atoms with E-state index in [9.17, 15) is 19.5 Å². The van der Waals surface area contributed by atoms with Crippen molar-refractivity contribution >= 4 is 25.0 Å². The monoisotopic (exact) mass is 439 g/mol. The van der Waals surface area contributed by atoms with Crippen LogP contribution < -0.4 is 10.6 Å². The first-order chi connectivity index (χ1) is 14.0. The van der Waals surface area contributed by atoms with Gasteiger partial charge in [0, 0.05) is 24.9 Å². The highest BCUT2D eigenvalue weighted by atomic mass is 16.7. The van der Waals surface area contributed by atoms with Crippen LogP contribution in [-0.4, -0.2) is 70.4 Å². The van der Waals surface area contributed by atoms with Crippen LogP contribution in [0, 0.1) is 5.92 Å². The third-order valence-corrected chi connectivity index (χ3v) is 6.44. The minimum absolute atomic E-state index is 0.0784. The first kappa shape index (κ1) is 25.5. The molecule has 2 saturated heterocycles. The molecule has 2 atom stereocenters. The van der Waals surface area contributed by atoms with E-state index in [1.54, 1.807) is 0 Å². The summed E-state index contributed by atoms with van der Waals surface area (Å²) >= 11 is 0. The number of amides is 3. The van der Waals surface area contributed by atoms with Gasteiger partial charge < -0.3 is 29.9 Å². The van der Waals surface area contributed by atoms with Crippen LogP contribution >= 0.6 is 0 Å². The van der Waals surface area contributed by atoms with Gasteiger partial charge in [-0.25, -0.2) is 4.79 Å². The fraction of sp³-hybridized carbons (Fsp3) is 0.857. The van der Waals surface area contributed by atoms with E-state index >= 15 is 0 Å². The lowest BCUT2D eigenvalue weighted by atomic mass is 9.77. The van der Waals surface area contributed by atoms with Crippen molar-refractivity contribution in [1.29, 1.82) is 0 Å². The van der Waals surface area contributed by atoms with Crippen molar-refractivity contribution < 1.29 is 28.8 Å². The number of nitrogens with one attached hydrogen (secondary N) is 2. The van der Waals surface area contributed by atoms with Crippen LogP contribution in [0.2, 0.25) is 6.32 Å². The van der Waals surface area contributed by atoms with Crippen LogP contribution in [0.15, 0.2) is 0 Å². The van der Waals surface area contributed by atoms with E-state index in [0.29, 0.717) is 19.2 Å². The van der Waals surface area contributed by atoms with E-state index in [1.165, 1.54) is 11.8 Å². The molecule has 0 saturated carbocycles. The number of carbonyl (C=O) groups is 3. The van der Waals surface area contributed by atoms with Crippen LogP contribution in [0.5, 0.6) is 0 Å². The summed E-state index contributed by atoms with van der Waals surface area (Å²) in [7, 11) is -0.361. The Morgan fingerprint density at radius 2 is 1.68 bits per heavy atom. The Morgan fingerprint density at radius 1 is 1.13 bits per heavy atom. The maximum Gasteiger partial charge on any atom is 0.457 e. The summed E-state index contributed by atoms with van der Waals surface area (Å²) < 4.78 is 12.1. The van der Waals surface area contributed by atoms with E-state index in [0.717, 1.165) is 0 Å². The Labute approximate surface area is 185 Å². The average molecular weight is 439 g/mol. The highest BCUT2D eigenvalue weighted by molar-refractivity contribution is 6.45. The summed E-state index contributed by atoms with van der Waals surface area (Å²) in [4.78, 5) is 38.2. The largest absolute Gasteiger partial charge is 0.465 e. The fourth-order valence-electron chi connectivity index (χ4n) is 4.24. The maximum absolute atomic E-state index is 13.3. The van der Waals surface area contributed by atoms with Gasteiger partial charge in [-0.15, -0.1) is 0 Å². The van der Waals surface area contributed by atoms with E-state index in [2.05, 4.69) is 10.6 Å². The zero-order valence-electron chi connectivity index (χ0n) is 20.1. The van der Waals surface area contributed by atoms with Crippen LogP contribution in [0.25, 0.3) is 0 Å². The lowest BCUT2D eigenvalue weighted by molar-refractivity contribution is -0.135. The summed E-state index contributed by atoms with van der Waals surface area (Å²) in [5.41, 5.74) is -2.67. The van der Waals surface area contributed by atoms with Crippen LogP contribution in [0.3, 0.4) is 0 Å². The molecule has 176 valence electrons. The third kappa shape index (κ3) is 5.71. The first-order valence-corrected chi connectivity index (χ1v) is 10.9. The van der Waals surface area contributed by atoms with Crippen LogP contribution in [-0.2, 0) is 18.9 Å². The molecule has 0 bridgehead atoms. The molecule has 0 aliphatic carbocycles. The third-order valence-electron chi connectivity index (χ3n) is 6.44. The molecule has 2 aliphatic rings. The molecular weight excluding hydrogens is 401 g/mol. The van der Waals surface area contributed by atoms with Gasteiger partial charge in [0.1, 0.15) is 5.54 Å². The molecule has 0 aromatic rings. The highest BCUT2D eigenvalue weighted by Crippen LogP contribution is 2.39. The number of carbonyl (C=O) groups excluding carboxylic acids is 2. The van der Waals surface area contributed by atoms with Crippen molar-refractivity contribution in [2.75, 3.05) is 13.1 Å². The van der Waals surface area contributed by atoms with Crippen molar-refractivity contribution in [3.05, 3.63) is 0 Å². The molecule has 9 nitrogen and oxygen atoms in total. The lowest BCUT2D eigenvalue weighted by Crippen LogP contribution is -2.65. The minimum Gasteiger partial charge on any atom is -0.465 e.